The third kappa shape index (κ3) is 4.46. The fraction of sp³-hybridized carbons (Fsp3) is 0.500. The van der Waals surface area contributed by atoms with Gasteiger partial charge in [-0.05, 0) is 30.5 Å². The summed E-state index contributed by atoms with van der Waals surface area (Å²) in [5.41, 5.74) is 2.55. The zero-order valence-corrected chi connectivity index (χ0v) is 10.5. The van der Waals surface area contributed by atoms with Crippen LogP contribution >= 0.6 is 11.6 Å². The van der Waals surface area contributed by atoms with Gasteiger partial charge in [-0.25, -0.2) is 0 Å². The maximum Gasteiger partial charge on any atom is 0.392 e. The molecule has 0 aromatic heterocycles. The molecule has 0 N–H and O–H groups in total. The summed E-state index contributed by atoms with van der Waals surface area (Å²) in [7, 11) is 0. The molecule has 0 saturated heterocycles. The molecule has 0 heterocycles. The summed E-state index contributed by atoms with van der Waals surface area (Å²) in [5.74, 6) is 0.896. The van der Waals surface area contributed by atoms with E-state index in [0.717, 1.165) is 16.7 Å². The Balaban J connectivity index is 2.72. The zero-order chi connectivity index (χ0) is 13.1. The van der Waals surface area contributed by atoms with Crippen molar-refractivity contribution in [3.63, 3.8) is 0 Å². The van der Waals surface area contributed by atoms with Crippen molar-refractivity contribution < 1.29 is 17.9 Å². The second-order valence-electron chi connectivity index (χ2n) is 3.91. The van der Waals surface area contributed by atoms with Crippen molar-refractivity contribution in [1.82, 2.24) is 0 Å². The molecule has 1 nitrogen and oxygen atoms in total. The summed E-state index contributed by atoms with van der Waals surface area (Å²) >= 11 is 5.70. The molecule has 0 bridgehead atoms. The minimum absolute atomic E-state index is 0.356. The Hall–Kier alpha value is -0.900. The Morgan fingerprint density at radius 1 is 1.18 bits per heavy atom. The van der Waals surface area contributed by atoms with Crippen LogP contribution in [0.3, 0.4) is 0 Å². The molecule has 1 aromatic rings. The van der Waals surface area contributed by atoms with Crippen LogP contribution in [-0.4, -0.2) is 12.8 Å². The van der Waals surface area contributed by atoms with E-state index in [-0.39, 0.29) is 6.61 Å². The second-order valence-corrected chi connectivity index (χ2v) is 4.17. The second kappa shape index (κ2) is 5.63. The highest BCUT2D eigenvalue weighted by atomic mass is 35.5. The Bertz CT molecular complexity index is 365. The van der Waals surface area contributed by atoms with E-state index in [2.05, 4.69) is 0 Å². The number of halogens is 4. The van der Waals surface area contributed by atoms with Crippen molar-refractivity contribution in [2.45, 2.75) is 32.3 Å². The summed E-state index contributed by atoms with van der Waals surface area (Å²) in [6.45, 7) is 3.24. The van der Waals surface area contributed by atoms with Crippen LogP contribution in [0.1, 0.15) is 23.1 Å². The molecule has 1 aromatic carbocycles. The van der Waals surface area contributed by atoms with E-state index in [1.165, 1.54) is 0 Å². The monoisotopic (exact) mass is 266 g/mol. The predicted molar refractivity (Wildman–Crippen MR) is 61.6 cm³/mol. The fourth-order valence-corrected chi connectivity index (χ4v) is 1.77. The van der Waals surface area contributed by atoms with Crippen LogP contribution in [0, 0.1) is 13.8 Å². The maximum atomic E-state index is 12.0. The van der Waals surface area contributed by atoms with E-state index in [1.807, 2.05) is 12.1 Å². The van der Waals surface area contributed by atoms with Crippen LogP contribution in [0.25, 0.3) is 0 Å². The topological polar surface area (TPSA) is 9.23 Å². The van der Waals surface area contributed by atoms with Gasteiger partial charge in [0.2, 0.25) is 0 Å². The molecule has 17 heavy (non-hydrogen) atoms. The molecule has 0 atom stereocenters. The maximum absolute atomic E-state index is 12.0. The van der Waals surface area contributed by atoms with Gasteiger partial charge in [0.25, 0.3) is 0 Å². The van der Waals surface area contributed by atoms with Crippen LogP contribution in [0.4, 0.5) is 13.2 Å². The lowest BCUT2D eigenvalue weighted by molar-refractivity contribution is -0.139. The van der Waals surface area contributed by atoms with Crippen LogP contribution < -0.4 is 4.74 Å². The third-order valence-corrected chi connectivity index (χ3v) is 2.61. The van der Waals surface area contributed by atoms with Crippen molar-refractivity contribution in [3.8, 4) is 5.75 Å². The highest BCUT2D eigenvalue weighted by Crippen LogP contribution is 2.27. The normalized spacial score (nSPS) is 11.6. The van der Waals surface area contributed by atoms with Crippen LogP contribution in [0.15, 0.2) is 12.1 Å². The number of rotatable bonds is 4. The smallest absolute Gasteiger partial charge is 0.392 e. The summed E-state index contributed by atoms with van der Waals surface area (Å²) < 4.78 is 41.1. The van der Waals surface area contributed by atoms with Gasteiger partial charge >= 0.3 is 6.18 Å². The minimum Gasteiger partial charge on any atom is -0.493 e. The van der Waals surface area contributed by atoms with Crippen molar-refractivity contribution in [2.75, 3.05) is 6.61 Å². The summed E-state index contributed by atoms with van der Waals surface area (Å²) in [6, 6.07) is 3.64. The molecule has 0 unspecified atom stereocenters. The Morgan fingerprint density at radius 3 is 2.12 bits per heavy atom. The van der Waals surface area contributed by atoms with Crippen molar-refractivity contribution in [3.05, 3.63) is 28.8 Å². The lowest BCUT2D eigenvalue weighted by atomic mass is 10.1. The number of benzene rings is 1. The van der Waals surface area contributed by atoms with Crippen LogP contribution in [0.5, 0.6) is 5.75 Å². The molecule has 0 radical (unpaired) electrons. The Morgan fingerprint density at radius 2 is 1.71 bits per heavy atom. The molecular weight excluding hydrogens is 253 g/mol. The molecule has 5 heteroatoms. The van der Waals surface area contributed by atoms with Gasteiger partial charge in [0.1, 0.15) is 5.75 Å². The number of hydrogen-bond acceptors (Lipinski definition) is 1. The molecule has 0 saturated carbocycles. The molecule has 0 amide bonds. The van der Waals surface area contributed by atoms with E-state index in [0.29, 0.717) is 11.6 Å². The number of ether oxygens (including phenoxy) is 1. The lowest BCUT2D eigenvalue weighted by Gasteiger charge is -2.14. The quantitative estimate of drug-likeness (QED) is 0.735. The van der Waals surface area contributed by atoms with E-state index in [4.69, 9.17) is 16.3 Å². The number of aryl methyl sites for hydroxylation is 2. The molecule has 0 aliphatic carbocycles. The van der Waals surface area contributed by atoms with Crippen molar-refractivity contribution >= 4 is 11.6 Å². The lowest BCUT2D eigenvalue weighted by Crippen LogP contribution is -2.13. The molecule has 96 valence electrons. The molecule has 0 fully saturated rings. The Kier molecular flexibility index (Phi) is 4.69. The molecule has 0 spiro atoms. The van der Waals surface area contributed by atoms with E-state index in [9.17, 15) is 13.2 Å². The first-order valence-electron chi connectivity index (χ1n) is 5.19. The van der Waals surface area contributed by atoms with Gasteiger partial charge in [-0.1, -0.05) is 12.1 Å². The zero-order valence-electron chi connectivity index (χ0n) is 9.70. The molecule has 1 rings (SSSR count). The number of alkyl halides is 4. The van der Waals surface area contributed by atoms with Gasteiger partial charge in [-0.2, -0.15) is 13.2 Å². The van der Waals surface area contributed by atoms with Crippen molar-refractivity contribution in [1.29, 1.82) is 0 Å². The number of hydrogen-bond donors (Lipinski definition) is 0. The first-order valence-corrected chi connectivity index (χ1v) is 5.72. The van der Waals surface area contributed by atoms with Gasteiger partial charge in [0, 0.05) is 5.88 Å². The highest BCUT2D eigenvalue weighted by molar-refractivity contribution is 6.17. The van der Waals surface area contributed by atoms with Crippen LogP contribution in [-0.2, 0) is 5.88 Å². The minimum atomic E-state index is -4.18. The average molecular weight is 267 g/mol. The third-order valence-electron chi connectivity index (χ3n) is 2.31. The molecular formula is C12H14ClF3O. The van der Waals surface area contributed by atoms with Gasteiger partial charge < -0.3 is 4.74 Å². The van der Waals surface area contributed by atoms with Gasteiger partial charge in [0.05, 0.1) is 13.0 Å². The van der Waals surface area contributed by atoms with E-state index >= 15 is 0 Å². The summed E-state index contributed by atoms with van der Waals surface area (Å²) in [4.78, 5) is 0. The Labute approximate surface area is 104 Å². The van der Waals surface area contributed by atoms with Crippen LogP contribution in [0.2, 0.25) is 0 Å². The first kappa shape index (κ1) is 14.2. The predicted octanol–water partition coefficient (Wildman–Crippen LogP) is 4.37. The SMILES string of the molecule is Cc1cc(CCl)cc(C)c1OCCC(F)(F)F. The van der Waals surface area contributed by atoms with Gasteiger partial charge in [-0.3, -0.25) is 0 Å². The molecule has 0 aliphatic heterocycles. The van der Waals surface area contributed by atoms with Crippen molar-refractivity contribution in [2.24, 2.45) is 0 Å². The van der Waals surface area contributed by atoms with Gasteiger partial charge in [0.15, 0.2) is 0 Å². The highest BCUT2D eigenvalue weighted by Gasteiger charge is 2.27. The largest absolute Gasteiger partial charge is 0.493 e. The summed E-state index contributed by atoms with van der Waals surface area (Å²) in [5, 5.41) is 0. The first-order chi connectivity index (χ1) is 7.83. The van der Waals surface area contributed by atoms with E-state index in [1.54, 1.807) is 13.8 Å². The molecule has 0 aliphatic rings. The summed E-state index contributed by atoms with van der Waals surface area (Å²) in [6.07, 6.45) is -5.12. The fourth-order valence-electron chi connectivity index (χ4n) is 1.61. The standard InChI is InChI=1S/C12H14ClF3O/c1-8-5-10(7-13)6-9(2)11(8)17-4-3-12(14,15)16/h5-6H,3-4,7H2,1-2H3. The average Bonchev–Trinajstić information content (AvgIpc) is 2.20. The van der Waals surface area contributed by atoms with Gasteiger partial charge in [-0.15, -0.1) is 11.6 Å². The van der Waals surface area contributed by atoms with E-state index < -0.39 is 12.6 Å².